The highest BCUT2D eigenvalue weighted by molar-refractivity contribution is 7.92. The molecule has 1 fully saturated rings. The molecular formula is C37H42N6O4S2. The molecule has 0 aromatic carbocycles. The first-order valence-corrected chi connectivity index (χ1v) is 19.9. The molecule has 0 radical (unpaired) electrons. The van der Waals surface area contributed by atoms with Gasteiger partial charge in [0, 0.05) is 41.4 Å². The largest absolute Gasteiger partial charge is 0.421 e. The normalized spacial score (nSPS) is 24.4. The van der Waals surface area contributed by atoms with E-state index in [2.05, 4.69) is 60.3 Å². The summed E-state index contributed by atoms with van der Waals surface area (Å²) in [5.41, 5.74) is 5.05. The van der Waals surface area contributed by atoms with E-state index in [0.717, 1.165) is 64.3 Å². The first-order valence-electron chi connectivity index (χ1n) is 17.4. The molecule has 5 aromatic rings. The minimum atomic E-state index is -3.67. The van der Waals surface area contributed by atoms with E-state index in [9.17, 15) is 8.42 Å². The first kappa shape index (κ1) is 32.5. The van der Waals surface area contributed by atoms with Crippen LogP contribution in [0.15, 0.2) is 46.0 Å². The topological polar surface area (TPSA) is 133 Å². The van der Waals surface area contributed by atoms with Gasteiger partial charge in [0.2, 0.25) is 11.8 Å². The van der Waals surface area contributed by atoms with E-state index in [1.165, 1.54) is 5.56 Å². The van der Waals surface area contributed by atoms with Gasteiger partial charge in [-0.3, -0.25) is 9.97 Å². The van der Waals surface area contributed by atoms with E-state index in [0.29, 0.717) is 45.8 Å². The molecule has 0 amide bonds. The van der Waals surface area contributed by atoms with Gasteiger partial charge in [0.05, 0.1) is 50.5 Å². The number of aryl methyl sites for hydroxylation is 3. The van der Waals surface area contributed by atoms with Crippen LogP contribution in [-0.2, 0) is 27.4 Å². The maximum absolute atomic E-state index is 14.2. The van der Waals surface area contributed by atoms with Crippen molar-refractivity contribution in [1.29, 1.82) is 0 Å². The molecule has 3 aliphatic rings. The predicted molar refractivity (Wildman–Crippen MR) is 190 cm³/mol. The van der Waals surface area contributed by atoms with Crippen LogP contribution in [0.1, 0.15) is 93.9 Å². The lowest BCUT2D eigenvalue weighted by Gasteiger charge is -2.32. The quantitative estimate of drug-likeness (QED) is 0.171. The van der Waals surface area contributed by atoms with Gasteiger partial charge >= 0.3 is 0 Å². The lowest BCUT2D eigenvalue weighted by atomic mass is 9.86. The van der Waals surface area contributed by atoms with E-state index in [-0.39, 0.29) is 35.8 Å². The zero-order valence-electron chi connectivity index (χ0n) is 28.6. The summed E-state index contributed by atoms with van der Waals surface area (Å²) in [6, 6.07) is 8.28. The van der Waals surface area contributed by atoms with E-state index in [4.69, 9.17) is 19.1 Å². The van der Waals surface area contributed by atoms with Crippen molar-refractivity contribution in [2.75, 3.05) is 11.1 Å². The number of thiophene rings is 1. The Labute approximate surface area is 291 Å². The van der Waals surface area contributed by atoms with Crippen LogP contribution in [0.5, 0.6) is 0 Å². The SMILES string of the molecule is Cc1nnc(-c2c(CCC3CC(C)OC(C)C3)nc3c(c2-c2cc4ccnc(N[C@H]5CCc6ncccc65)c4s2)S(=O)(=O)C[C@H]3C(C)C)o1. The number of nitrogens with zero attached hydrogens (tertiary/aromatic N) is 5. The van der Waals surface area contributed by atoms with Crippen molar-refractivity contribution in [3.05, 3.63) is 65.2 Å². The molecule has 1 aliphatic carbocycles. The third-order valence-corrected chi connectivity index (χ3v) is 13.4. The Morgan fingerprint density at radius 3 is 2.63 bits per heavy atom. The van der Waals surface area contributed by atoms with Crippen molar-refractivity contribution in [1.82, 2.24) is 25.1 Å². The van der Waals surface area contributed by atoms with Crippen LogP contribution in [-0.4, -0.2) is 51.5 Å². The average Bonchev–Trinajstić information content (AvgIpc) is 3.84. The van der Waals surface area contributed by atoms with E-state index >= 15 is 0 Å². The number of pyridine rings is 3. The van der Waals surface area contributed by atoms with Crippen molar-refractivity contribution >= 4 is 37.1 Å². The number of sulfone groups is 1. The smallest absolute Gasteiger partial charge is 0.250 e. The van der Waals surface area contributed by atoms with E-state index < -0.39 is 9.84 Å². The van der Waals surface area contributed by atoms with Gasteiger partial charge in [-0.05, 0) is 93.4 Å². The number of nitrogens with one attached hydrogen (secondary N) is 1. The number of fused-ring (bicyclic) bond motifs is 3. The fraction of sp³-hybridized carbons (Fsp3) is 0.486. The summed E-state index contributed by atoms with van der Waals surface area (Å²) in [6.45, 7) is 10.2. The molecular weight excluding hydrogens is 657 g/mol. The molecule has 4 atom stereocenters. The van der Waals surface area contributed by atoms with Crippen LogP contribution in [0.3, 0.4) is 0 Å². The molecule has 0 bridgehead atoms. The van der Waals surface area contributed by atoms with Gasteiger partial charge in [-0.25, -0.2) is 13.4 Å². The van der Waals surface area contributed by atoms with Crippen LogP contribution in [0.25, 0.3) is 32.0 Å². The van der Waals surface area contributed by atoms with Crippen LogP contribution < -0.4 is 5.32 Å². The molecule has 12 heteroatoms. The molecule has 8 rings (SSSR count). The van der Waals surface area contributed by atoms with Crippen molar-refractivity contribution in [3.63, 3.8) is 0 Å². The number of ether oxygens (including phenoxy) is 1. The summed E-state index contributed by atoms with van der Waals surface area (Å²) < 4.78 is 41.6. The maximum Gasteiger partial charge on any atom is 0.250 e. The highest BCUT2D eigenvalue weighted by Gasteiger charge is 2.43. The second-order valence-electron chi connectivity index (χ2n) is 14.4. The van der Waals surface area contributed by atoms with Crippen LogP contribution >= 0.6 is 11.3 Å². The van der Waals surface area contributed by atoms with Gasteiger partial charge in [0.15, 0.2) is 9.84 Å². The minimum absolute atomic E-state index is 0.0368. The Morgan fingerprint density at radius 2 is 1.88 bits per heavy atom. The fourth-order valence-electron chi connectivity index (χ4n) is 8.19. The van der Waals surface area contributed by atoms with Crippen LogP contribution in [0.4, 0.5) is 5.82 Å². The molecule has 5 aromatic heterocycles. The predicted octanol–water partition coefficient (Wildman–Crippen LogP) is 7.87. The van der Waals surface area contributed by atoms with Crippen molar-refractivity contribution < 1.29 is 17.6 Å². The third kappa shape index (κ3) is 5.95. The molecule has 0 saturated carbocycles. The van der Waals surface area contributed by atoms with Crippen molar-refractivity contribution in [2.24, 2.45) is 11.8 Å². The first-order chi connectivity index (χ1) is 23.6. The monoisotopic (exact) mass is 698 g/mol. The summed E-state index contributed by atoms with van der Waals surface area (Å²) in [6.07, 6.45) is 9.46. The molecule has 2 unspecified atom stereocenters. The van der Waals surface area contributed by atoms with E-state index in [1.54, 1.807) is 18.3 Å². The molecule has 256 valence electrons. The van der Waals surface area contributed by atoms with E-state index in [1.807, 2.05) is 24.5 Å². The Balaban J connectivity index is 1.30. The molecule has 0 spiro atoms. The van der Waals surface area contributed by atoms with Gasteiger partial charge < -0.3 is 14.5 Å². The lowest BCUT2D eigenvalue weighted by molar-refractivity contribution is -0.0533. The lowest BCUT2D eigenvalue weighted by Crippen LogP contribution is -2.29. The van der Waals surface area contributed by atoms with Gasteiger partial charge in [0.25, 0.3) is 0 Å². The molecule has 1 N–H and O–H groups in total. The summed E-state index contributed by atoms with van der Waals surface area (Å²) in [5, 5.41) is 13.3. The summed E-state index contributed by atoms with van der Waals surface area (Å²) >= 11 is 1.55. The Bertz CT molecular complexity index is 2150. The summed E-state index contributed by atoms with van der Waals surface area (Å²) in [4.78, 5) is 15.7. The highest BCUT2D eigenvalue weighted by Crippen LogP contribution is 2.51. The number of hydrogen-bond acceptors (Lipinski definition) is 11. The van der Waals surface area contributed by atoms with Gasteiger partial charge in [0.1, 0.15) is 5.82 Å². The second kappa shape index (κ2) is 12.5. The zero-order chi connectivity index (χ0) is 34.0. The highest BCUT2D eigenvalue weighted by atomic mass is 32.2. The standard InChI is InChI=1S/C37H42N6O4S2/c1-19(2)26-18-49(44,45)35-32(30-17-24-12-14-39-36(34(24)48-30)41-28-11-10-27-25(28)7-6-13-38-27)31(37-43-42-22(5)47-37)29(40-33(26)35)9-8-23-15-20(3)46-21(4)16-23/h6-7,12-14,17,19-21,23,26,28H,8-11,15-16,18H2,1-5H3,(H,39,41)/t20?,21?,23?,26-,28-/m0/s1. The molecule has 1 saturated heterocycles. The van der Waals surface area contributed by atoms with Crippen LogP contribution in [0, 0.1) is 18.8 Å². The average molecular weight is 699 g/mol. The van der Waals surface area contributed by atoms with Gasteiger partial charge in [-0.2, -0.15) is 0 Å². The minimum Gasteiger partial charge on any atom is -0.421 e. The number of aromatic nitrogens is 5. The number of anilines is 1. The third-order valence-electron chi connectivity index (χ3n) is 10.4. The van der Waals surface area contributed by atoms with Crippen molar-refractivity contribution in [3.8, 4) is 21.9 Å². The summed E-state index contributed by atoms with van der Waals surface area (Å²) in [7, 11) is -3.67. The fourth-order valence-corrected chi connectivity index (χ4v) is 11.6. The number of rotatable bonds is 8. The molecule has 49 heavy (non-hydrogen) atoms. The zero-order valence-corrected chi connectivity index (χ0v) is 30.2. The maximum atomic E-state index is 14.2. The van der Waals surface area contributed by atoms with Gasteiger partial charge in [-0.1, -0.05) is 19.9 Å². The molecule has 10 nitrogen and oxygen atoms in total. The molecule has 2 aliphatic heterocycles. The van der Waals surface area contributed by atoms with Crippen molar-refractivity contribution in [2.45, 2.75) is 102 Å². The number of hydrogen-bond donors (Lipinski definition) is 1. The Morgan fingerprint density at radius 1 is 1.06 bits per heavy atom. The Kier molecular flexibility index (Phi) is 8.31. The molecule has 7 heterocycles. The second-order valence-corrected chi connectivity index (χ2v) is 17.4. The van der Waals surface area contributed by atoms with Gasteiger partial charge in [-0.15, -0.1) is 21.5 Å². The Hall–Kier alpha value is -3.74. The summed E-state index contributed by atoms with van der Waals surface area (Å²) in [5.74, 6) is 1.91. The van der Waals surface area contributed by atoms with Crippen LogP contribution in [0.2, 0.25) is 0 Å².